The van der Waals surface area contributed by atoms with Crippen molar-refractivity contribution in [2.45, 2.75) is 58.5 Å². The molecule has 0 unspecified atom stereocenters. The van der Waals surface area contributed by atoms with Crippen LogP contribution in [0.5, 0.6) is 0 Å². The first-order valence-electron chi connectivity index (χ1n) is 6.62. The molecule has 0 aliphatic heterocycles. The van der Waals surface area contributed by atoms with Crippen LogP contribution in [0.3, 0.4) is 0 Å². The van der Waals surface area contributed by atoms with E-state index in [1.807, 2.05) is 20.8 Å². The van der Waals surface area contributed by atoms with E-state index in [-0.39, 0.29) is 30.4 Å². The second kappa shape index (κ2) is 6.18. The van der Waals surface area contributed by atoms with Crippen LogP contribution >= 0.6 is 0 Å². The van der Waals surface area contributed by atoms with Gasteiger partial charge in [0.1, 0.15) is 0 Å². The standard InChI is InChI=1S/C13H25N3O2/c1-13(2,3)12(18)15-8-11(17)16-10-6-4-9(14)5-7-10/h9-10H,4-8,14H2,1-3H3,(H,15,18)(H,16,17). The highest BCUT2D eigenvalue weighted by molar-refractivity contribution is 5.87. The Hall–Kier alpha value is -1.10. The lowest BCUT2D eigenvalue weighted by Gasteiger charge is -2.27. The smallest absolute Gasteiger partial charge is 0.239 e. The fourth-order valence-corrected chi connectivity index (χ4v) is 1.97. The lowest BCUT2D eigenvalue weighted by atomic mass is 9.92. The maximum absolute atomic E-state index is 11.7. The van der Waals surface area contributed by atoms with Crippen molar-refractivity contribution in [3.63, 3.8) is 0 Å². The minimum Gasteiger partial charge on any atom is -0.352 e. The molecule has 2 amide bonds. The fourth-order valence-electron chi connectivity index (χ4n) is 1.97. The Bertz CT molecular complexity index is 302. The van der Waals surface area contributed by atoms with Crippen LogP contribution in [0.2, 0.25) is 0 Å². The zero-order valence-corrected chi connectivity index (χ0v) is 11.6. The van der Waals surface area contributed by atoms with Gasteiger partial charge in [0.05, 0.1) is 6.54 Å². The Labute approximate surface area is 109 Å². The number of carbonyl (C=O) groups excluding carboxylic acids is 2. The monoisotopic (exact) mass is 255 g/mol. The summed E-state index contributed by atoms with van der Waals surface area (Å²) in [6, 6.07) is 0.489. The predicted molar refractivity (Wildman–Crippen MR) is 70.8 cm³/mol. The summed E-state index contributed by atoms with van der Waals surface area (Å²) in [5.41, 5.74) is 5.34. The van der Waals surface area contributed by atoms with Crippen LogP contribution in [0.25, 0.3) is 0 Å². The first-order chi connectivity index (χ1) is 8.29. The molecule has 1 aliphatic rings. The summed E-state index contributed by atoms with van der Waals surface area (Å²) < 4.78 is 0. The van der Waals surface area contributed by atoms with E-state index in [9.17, 15) is 9.59 Å². The van der Waals surface area contributed by atoms with Gasteiger partial charge in [-0.2, -0.15) is 0 Å². The number of amides is 2. The average molecular weight is 255 g/mol. The van der Waals surface area contributed by atoms with Crippen molar-refractivity contribution in [1.82, 2.24) is 10.6 Å². The van der Waals surface area contributed by atoms with Gasteiger partial charge in [0.2, 0.25) is 11.8 Å². The second-order valence-electron chi connectivity index (χ2n) is 6.11. The molecule has 104 valence electrons. The van der Waals surface area contributed by atoms with E-state index in [0.717, 1.165) is 25.7 Å². The molecule has 4 N–H and O–H groups in total. The van der Waals surface area contributed by atoms with Crippen molar-refractivity contribution >= 4 is 11.8 Å². The summed E-state index contributed by atoms with van der Waals surface area (Å²) in [6.45, 7) is 5.52. The van der Waals surface area contributed by atoms with Crippen LogP contribution in [0.15, 0.2) is 0 Å². The zero-order valence-electron chi connectivity index (χ0n) is 11.6. The maximum Gasteiger partial charge on any atom is 0.239 e. The molecule has 5 heteroatoms. The highest BCUT2D eigenvalue weighted by Gasteiger charge is 2.23. The van der Waals surface area contributed by atoms with Gasteiger partial charge in [-0.05, 0) is 25.7 Å². The third-order valence-electron chi connectivity index (χ3n) is 3.23. The van der Waals surface area contributed by atoms with Crippen molar-refractivity contribution < 1.29 is 9.59 Å². The molecule has 0 saturated heterocycles. The zero-order chi connectivity index (χ0) is 13.8. The van der Waals surface area contributed by atoms with E-state index >= 15 is 0 Å². The van der Waals surface area contributed by atoms with Gasteiger partial charge in [0.15, 0.2) is 0 Å². The Morgan fingerprint density at radius 2 is 1.72 bits per heavy atom. The van der Waals surface area contributed by atoms with Crippen molar-refractivity contribution in [3.05, 3.63) is 0 Å². The van der Waals surface area contributed by atoms with E-state index in [2.05, 4.69) is 10.6 Å². The summed E-state index contributed by atoms with van der Waals surface area (Å²) >= 11 is 0. The van der Waals surface area contributed by atoms with Crippen LogP contribution in [0, 0.1) is 5.41 Å². The fraction of sp³-hybridized carbons (Fsp3) is 0.846. The van der Waals surface area contributed by atoms with Crippen LogP contribution in [0.1, 0.15) is 46.5 Å². The first kappa shape index (κ1) is 15.0. The Morgan fingerprint density at radius 3 is 2.22 bits per heavy atom. The molecule has 0 spiro atoms. The van der Waals surface area contributed by atoms with E-state index in [1.165, 1.54) is 0 Å². The van der Waals surface area contributed by atoms with E-state index in [1.54, 1.807) is 0 Å². The highest BCUT2D eigenvalue weighted by Crippen LogP contribution is 2.16. The number of hydrogen-bond donors (Lipinski definition) is 3. The molecule has 0 aromatic rings. The Balaban J connectivity index is 2.24. The van der Waals surface area contributed by atoms with Gasteiger partial charge in [-0.25, -0.2) is 0 Å². The van der Waals surface area contributed by atoms with Crippen LogP contribution < -0.4 is 16.4 Å². The molecule has 0 bridgehead atoms. The quantitative estimate of drug-likeness (QED) is 0.688. The van der Waals surface area contributed by atoms with Crippen molar-refractivity contribution in [2.75, 3.05) is 6.54 Å². The molecule has 0 radical (unpaired) electrons. The molecule has 0 aromatic carbocycles. The summed E-state index contributed by atoms with van der Waals surface area (Å²) in [5.74, 6) is -0.226. The molecule has 0 atom stereocenters. The maximum atomic E-state index is 11.7. The van der Waals surface area contributed by atoms with Crippen molar-refractivity contribution in [1.29, 1.82) is 0 Å². The third-order valence-corrected chi connectivity index (χ3v) is 3.23. The minimum atomic E-state index is -0.460. The third kappa shape index (κ3) is 5.04. The van der Waals surface area contributed by atoms with Gasteiger partial charge in [-0.15, -0.1) is 0 Å². The number of carbonyl (C=O) groups is 2. The molecule has 18 heavy (non-hydrogen) atoms. The van der Waals surface area contributed by atoms with Crippen LogP contribution in [-0.4, -0.2) is 30.4 Å². The summed E-state index contributed by atoms with van der Waals surface area (Å²) in [5, 5.41) is 5.58. The average Bonchev–Trinajstić information content (AvgIpc) is 2.28. The molecule has 5 nitrogen and oxygen atoms in total. The SMILES string of the molecule is CC(C)(C)C(=O)NCC(=O)NC1CCC(N)CC1. The molecule has 1 fully saturated rings. The summed E-state index contributed by atoms with van der Waals surface area (Å²) in [4.78, 5) is 23.3. The van der Waals surface area contributed by atoms with Gasteiger partial charge in [-0.1, -0.05) is 20.8 Å². The Kier molecular flexibility index (Phi) is 5.14. The van der Waals surface area contributed by atoms with Gasteiger partial charge < -0.3 is 16.4 Å². The van der Waals surface area contributed by atoms with Gasteiger partial charge >= 0.3 is 0 Å². The first-order valence-corrected chi connectivity index (χ1v) is 6.62. The largest absolute Gasteiger partial charge is 0.352 e. The molecule has 1 rings (SSSR count). The molecular formula is C13H25N3O2. The number of nitrogens with two attached hydrogens (primary N) is 1. The normalized spacial score (nSPS) is 24.4. The van der Waals surface area contributed by atoms with Gasteiger partial charge in [-0.3, -0.25) is 9.59 Å². The van der Waals surface area contributed by atoms with Crippen molar-refractivity contribution in [3.8, 4) is 0 Å². The lowest BCUT2D eigenvalue weighted by Crippen LogP contribution is -2.46. The lowest BCUT2D eigenvalue weighted by molar-refractivity contribution is -0.131. The molecule has 0 heterocycles. The van der Waals surface area contributed by atoms with E-state index < -0.39 is 5.41 Å². The second-order valence-corrected chi connectivity index (χ2v) is 6.11. The summed E-state index contributed by atoms with van der Waals surface area (Å²) in [7, 11) is 0. The van der Waals surface area contributed by atoms with E-state index in [4.69, 9.17) is 5.73 Å². The molecular weight excluding hydrogens is 230 g/mol. The van der Waals surface area contributed by atoms with Crippen LogP contribution in [0.4, 0.5) is 0 Å². The van der Waals surface area contributed by atoms with Crippen LogP contribution in [-0.2, 0) is 9.59 Å². The number of nitrogens with one attached hydrogen (secondary N) is 2. The topological polar surface area (TPSA) is 84.2 Å². The summed E-state index contributed by atoms with van der Waals surface area (Å²) in [6.07, 6.45) is 3.78. The molecule has 1 aliphatic carbocycles. The molecule has 1 saturated carbocycles. The van der Waals surface area contributed by atoms with Crippen molar-refractivity contribution in [2.24, 2.45) is 11.1 Å². The highest BCUT2D eigenvalue weighted by atomic mass is 16.2. The van der Waals surface area contributed by atoms with Gasteiger partial charge in [0, 0.05) is 17.5 Å². The Morgan fingerprint density at radius 1 is 1.17 bits per heavy atom. The number of hydrogen-bond acceptors (Lipinski definition) is 3. The minimum absolute atomic E-state index is 0.0542. The number of rotatable bonds is 3. The van der Waals surface area contributed by atoms with Gasteiger partial charge in [0.25, 0.3) is 0 Å². The van der Waals surface area contributed by atoms with E-state index in [0.29, 0.717) is 0 Å². The predicted octanol–water partition coefficient (Wildman–Crippen LogP) is 0.535. The molecule has 0 aromatic heterocycles.